The highest BCUT2D eigenvalue weighted by Gasteiger charge is 2.29. The molecule has 4 N–H and O–H groups in total. The second kappa shape index (κ2) is 75.6. The molecule has 0 heterocycles. The monoisotopic (exact) mass is 1460 g/mol. The second-order valence-electron chi connectivity index (χ2n) is 26.5. The molecule has 0 fully saturated rings. The number of ether oxygens (including phenoxy) is 3. The van der Waals surface area contributed by atoms with E-state index in [1.165, 1.54) is 154 Å². The lowest BCUT2D eigenvalue weighted by atomic mass is 10.0. The molecule has 0 aromatic rings. The minimum atomic E-state index is -4.94. The van der Waals surface area contributed by atoms with Crippen LogP contribution in [0, 0.1) is 0 Å². The summed E-state index contributed by atoms with van der Waals surface area (Å²) in [6.07, 6.45) is 89.9. The van der Waals surface area contributed by atoms with Gasteiger partial charge in [-0.15, -0.1) is 0 Å². The molecule has 16 nitrogen and oxygen atoms in total. The Morgan fingerprint density at radius 1 is 0.287 bits per heavy atom. The molecule has 0 aliphatic rings. The summed E-state index contributed by atoms with van der Waals surface area (Å²) < 4.78 is 61.0. The predicted molar refractivity (Wildman–Crippen MR) is 417 cm³/mol. The quantitative estimate of drug-likeness (QED) is 0.0146. The smallest absolute Gasteiger partial charge is 0.463 e. The zero-order chi connectivity index (χ0) is 73.7. The number of rotatable bonds is 75. The summed E-state index contributed by atoms with van der Waals surface area (Å²) in [5.41, 5.74) is 0. The average molecular weight is 1460 g/mol. The third-order valence-corrected chi connectivity index (χ3v) is 18.6. The maximum Gasteiger partial charge on any atom is 0.472 e. The van der Waals surface area contributed by atoms with Crippen molar-refractivity contribution in [3.05, 3.63) is 122 Å². The maximum absolute atomic E-state index is 12.9. The van der Waals surface area contributed by atoms with Crippen LogP contribution in [-0.4, -0.2) is 95.9 Å². The molecule has 0 rings (SSSR count). The number of phosphoric acid groups is 2. The van der Waals surface area contributed by atoms with E-state index in [4.69, 9.17) is 32.3 Å². The number of allylic oxidation sites excluding steroid dienone is 20. The van der Waals surface area contributed by atoms with Crippen molar-refractivity contribution in [2.24, 2.45) is 0 Å². The van der Waals surface area contributed by atoms with Gasteiger partial charge in [0.25, 0.3) is 0 Å². The Balaban J connectivity index is 4.43. The number of aliphatic hydroxyl groups excluding tert-OH is 2. The van der Waals surface area contributed by atoms with E-state index < -0.39 is 91.5 Å². The number of carbonyl (C=O) groups is 3. The van der Waals surface area contributed by atoms with Gasteiger partial charge in [0.2, 0.25) is 0 Å². The van der Waals surface area contributed by atoms with E-state index in [9.17, 15) is 43.5 Å². The number of hydrogen-bond acceptors (Lipinski definition) is 14. The fourth-order valence-corrected chi connectivity index (χ4v) is 12.3. The van der Waals surface area contributed by atoms with Gasteiger partial charge in [0.05, 0.1) is 26.4 Å². The molecule has 5 atom stereocenters. The number of esters is 3. The van der Waals surface area contributed by atoms with Crippen LogP contribution in [-0.2, 0) is 55.8 Å². The lowest BCUT2D eigenvalue weighted by Gasteiger charge is -2.21. The molecule has 0 amide bonds. The van der Waals surface area contributed by atoms with Gasteiger partial charge in [-0.05, 0) is 103 Å². The largest absolute Gasteiger partial charge is 0.472 e. The molecule has 0 aliphatic heterocycles. The minimum absolute atomic E-state index is 0.0930. The summed E-state index contributed by atoms with van der Waals surface area (Å²) in [6, 6.07) is 0. The SMILES string of the molecule is CC/C=C\C/C=C\C/C=C\C/C=C\C/C=C\CCCCCCCCCCCCCCCCCCCC(=O)OCC(O)COP(=O)(O)OCC(O)COP(=O)(O)OCC(COC(=O)CCC/C=C\C/C=C\C/C=C\C/C=C\C/C=C\CC)OC(=O)CCCCCCCCCCCCCCCCC. The fraction of sp³-hybridized carbons (Fsp3) is 0.723. The Hall–Kier alpha value is -4.05. The van der Waals surface area contributed by atoms with Gasteiger partial charge in [-0.3, -0.25) is 32.5 Å². The predicted octanol–water partition coefficient (Wildman–Crippen LogP) is 23.3. The Bertz CT molecular complexity index is 2320. The fourth-order valence-electron chi connectivity index (χ4n) is 10.7. The minimum Gasteiger partial charge on any atom is -0.463 e. The number of phosphoric ester groups is 2. The molecule has 0 radical (unpaired) electrons. The van der Waals surface area contributed by atoms with Crippen LogP contribution in [0.4, 0.5) is 0 Å². The van der Waals surface area contributed by atoms with E-state index in [-0.39, 0.29) is 19.3 Å². The van der Waals surface area contributed by atoms with Crippen molar-refractivity contribution in [2.75, 3.05) is 39.6 Å². The van der Waals surface area contributed by atoms with Gasteiger partial charge in [-0.2, -0.15) is 0 Å². The molecule has 0 spiro atoms. The van der Waals surface area contributed by atoms with Crippen LogP contribution in [0.15, 0.2) is 122 Å². The summed E-state index contributed by atoms with van der Waals surface area (Å²) in [6.45, 7) is 2.42. The topological polar surface area (TPSA) is 231 Å². The number of hydrogen-bond donors (Lipinski definition) is 4. The molecule has 101 heavy (non-hydrogen) atoms. The molecule has 0 saturated heterocycles. The molecular weight excluding hydrogens is 1310 g/mol. The summed E-state index contributed by atoms with van der Waals surface area (Å²) in [7, 11) is -9.80. The Morgan fingerprint density at radius 2 is 0.535 bits per heavy atom. The lowest BCUT2D eigenvalue weighted by Crippen LogP contribution is -2.30. The summed E-state index contributed by atoms with van der Waals surface area (Å²) in [5, 5.41) is 20.6. The summed E-state index contributed by atoms with van der Waals surface area (Å²) >= 11 is 0. The molecule has 18 heteroatoms. The Morgan fingerprint density at radius 3 is 0.871 bits per heavy atom. The van der Waals surface area contributed by atoms with Gasteiger partial charge in [0.1, 0.15) is 25.4 Å². The number of unbranched alkanes of at least 4 members (excludes halogenated alkanes) is 32. The Labute approximate surface area is 614 Å². The molecule has 582 valence electrons. The van der Waals surface area contributed by atoms with E-state index in [0.29, 0.717) is 25.7 Å². The van der Waals surface area contributed by atoms with Crippen molar-refractivity contribution >= 4 is 33.6 Å². The highest BCUT2D eigenvalue weighted by molar-refractivity contribution is 7.47. The van der Waals surface area contributed by atoms with Crippen LogP contribution >= 0.6 is 15.6 Å². The van der Waals surface area contributed by atoms with Crippen molar-refractivity contribution in [3.63, 3.8) is 0 Å². The normalized spacial score (nSPS) is 14.6. The van der Waals surface area contributed by atoms with Gasteiger partial charge in [0.15, 0.2) is 6.10 Å². The molecule has 0 aliphatic carbocycles. The van der Waals surface area contributed by atoms with E-state index in [1.54, 1.807) is 0 Å². The lowest BCUT2D eigenvalue weighted by molar-refractivity contribution is -0.161. The first kappa shape index (κ1) is 97.0. The van der Waals surface area contributed by atoms with Crippen LogP contribution in [0.5, 0.6) is 0 Å². The zero-order valence-electron chi connectivity index (χ0n) is 63.5. The van der Waals surface area contributed by atoms with Crippen molar-refractivity contribution in [1.29, 1.82) is 0 Å². The highest BCUT2D eigenvalue weighted by Crippen LogP contribution is 2.45. The van der Waals surface area contributed by atoms with Crippen LogP contribution in [0.3, 0.4) is 0 Å². The van der Waals surface area contributed by atoms with Gasteiger partial charge < -0.3 is 34.2 Å². The van der Waals surface area contributed by atoms with Crippen molar-refractivity contribution in [3.8, 4) is 0 Å². The van der Waals surface area contributed by atoms with Gasteiger partial charge in [0, 0.05) is 19.3 Å². The van der Waals surface area contributed by atoms with Gasteiger partial charge >= 0.3 is 33.6 Å². The van der Waals surface area contributed by atoms with Crippen LogP contribution < -0.4 is 0 Å². The van der Waals surface area contributed by atoms with Gasteiger partial charge in [-0.25, -0.2) is 9.13 Å². The van der Waals surface area contributed by atoms with E-state index in [0.717, 1.165) is 109 Å². The Kier molecular flexibility index (Phi) is 72.6. The standard InChI is InChI=1S/C83H144O16P2/c1-4-7-10-13-16-19-22-25-28-30-31-32-33-34-35-36-37-38-39-40-41-42-43-44-45-47-50-51-54-57-60-63-66-69-81(86)93-72-78(84)73-95-100(89,90)96-74-79(85)75-97-101(91,92)98-77-80(99-83(88)71-68-65-62-59-56-53-48-27-24-21-18-15-12-9-6-3)76-94-82(87)70-67-64-61-58-55-52-49-46-29-26-23-20-17-14-11-8-5-2/h7-8,10-11,16-17,19-20,25-26,28-29,31-32,34-35,49,52,58,61,78-80,84-85H,4-6,9,12-15,18,21-24,27,30,33,36-48,50-51,53-57,59-60,62-77H2,1-3H3,(H,89,90)(H,91,92)/b10-7-,11-8-,19-16-,20-17-,28-25-,29-26-,32-31-,35-34-,52-49-,61-58-. The second-order valence-corrected chi connectivity index (χ2v) is 29.4. The highest BCUT2D eigenvalue weighted by atomic mass is 31.2. The van der Waals surface area contributed by atoms with Crippen LogP contribution in [0.1, 0.15) is 329 Å². The third kappa shape index (κ3) is 76.9. The molecule has 0 bridgehead atoms. The van der Waals surface area contributed by atoms with E-state index in [2.05, 4.69) is 130 Å². The van der Waals surface area contributed by atoms with Crippen molar-refractivity contribution in [2.45, 2.75) is 347 Å². The molecule has 5 unspecified atom stereocenters. The first-order valence-electron chi connectivity index (χ1n) is 39.8. The molecule has 0 aromatic heterocycles. The van der Waals surface area contributed by atoms with E-state index >= 15 is 0 Å². The zero-order valence-corrected chi connectivity index (χ0v) is 65.3. The average Bonchev–Trinajstić information content (AvgIpc) is 1.12. The molecule has 0 aromatic carbocycles. The first-order chi connectivity index (χ1) is 49.2. The third-order valence-electron chi connectivity index (χ3n) is 16.7. The summed E-state index contributed by atoms with van der Waals surface area (Å²) in [4.78, 5) is 58.6. The maximum atomic E-state index is 12.9. The molecular formula is C83H144O16P2. The first-order valence-corrected chi connectivity index (χ1v) is 42.8. The van der Waals surface area contributed by atoms with Crippen LogP contribution in [0.25, 0.3) is 0 Å². The molecule has 0 saturated carbocycles. The number of aliphatic hydroxyl groups is 2. The number of carbonyl (C=O) groups excluding carboxylic acids is 3. The van der Waals surface area contributed by atoms with Gasteiger partial charge in [-0.1, -0.05) is 328 Å². The van der Waals surface area contributed by atoms with Crippen LogP contribution in [0.2, 0.25) is 0 Å². The van der Waals surface area contributed by atoms with E-state index in [1.807, 2.05) is 12.2 Å². The summed E-state index contributed by atoms with van der Waals surface area (Å²) in [5.74, 6) is -1.63. The van der Waals surface area contributed by atoms with Crippen molar-refractivity contribution in [1.82, 2.24) is 0 Å². The van der Waals surface area contributed by atoms with Crippen molar-refractivity contribution < 1.29 is 75.8 Å².